The van der Waals surface area contributed by atoms with E-state index in [4.69, 9.17) is 10.0 Å². The van der Waals surface area contributed by atoms with Crippen molar-refractivity contribution in [2.75, 3.05) is 5.23 Å². The van der Waals surface area contributed by atoms with Gasteiger partial charge in [0.05, 0.1) is 0 Å². The fourth-order valence-electron chi connectivity index (χ4n) is 1.22. The molecule has 1 heterocycles. The fraction of sp³-hybridized carbons (Fsp3) is 0.250. The zero-order valence-corrected chi connectivity index (χ0v) is 6.24. The molecule has 0 unspecified atom stereocenters. The van der Waals surface area contributed by atoms with Crippen LogP contribution in [0.1, 0.15) is 11.1 Å². The van der Waals surface area contributed by atoms with Crippen molar-refractivity contribution in [2.24, 2.45) is 0 Å². The van der Waals surface area contributed by atoms with Crippen molar-refractivity contribution >= 4 is 5.69 Å². The first-order valence-electron chi connectivity index (χ1n) is 3.49. The molecule has 1 aromatic carbocycles. The number of anilines is 1. The molecule has 1 N–H and O–H groups in total. The van der Waals surface area contributed by atoms with Gasteiger partial charge < -0.3 is 0 Å². The average Bonchev–Trinajstić information content (AvgIpc) is 2.32. The lowest BCUT2D eigenvalue weighted by Crippen LogP contribution is -2.10. The Bertz CT molecular complexity index is 285. The third kappa shape index (κ3) is 0.982. The zero-order valence-electron chi connectivity index (χ0n) is 6.24. The molecule has 3 heteroatoms. The molecule has 0 aromatic heterocycles. The van der Waals surface area contributed by atoms with E-state index in [9.17, 15) is 0 Å². The predicted molar refractivity (Wildman–Crippen MR) is 40.2 cm³/mol. The number of fused-ring (bicyclic) bond motifs is 1. The van der Waals surface area contributed by atoms with E-state index in [1.807, 2.05) is 25.1 Å². The van der Waals surface area contributed by atoms with E-state index in [-0.39, 0.29) is 0 Å². The van der Waals surface area contributed by atoms with Crippen molar-refractivity contribution in [3.8, 4) is 0 Å². The van der Waals surface area contributed by atoms with Crippen molar-refractivity contribution in [3.63, 3.8) is 0 Å². The van der Waals surface area contributed by atoms with Crippen LogP contribution < -0.4 is 5.23 Å². The summed E-state index contributed by atoms with van der Waals surface area (Å²) in [5.41, 5.74) is 2.96. The van der Waals surface area contributed by atoms with E-state index in [2.05, 4.69) is 0 Å². The third-order valence-corrected chi connectivity index (χ3v) is 1.78. The van der Waals surface area contributed by atoms with Gasteiger partial charge in [0, 0.05) is 5.56 Å². The van der Waals surface area contributed by atoms with E-state index < -0.39 is 0 Å². The average molecular weight is 151 g/mol. The van der Waals surface area contributed by atoms with Gasteiger partial charge in [-0.15, -0.1) is 5.23 Å². The molecule has 11 heavy (non-hydrogen) atoms. The van der Waals surface area contributed by atoms with Gasteiger partial charge in [-0.25, -0.2) is 4.84 Å². The monoisotopic (exact) mass is 151 g/mol. The maximum absolute atomic E-state index is 9.08. The van der Waals surface area contributed by atoms with Crippen LogP contribution in [0.3, 0.4) is 0 Å². The highest BCUT2D eigenvalue weighted by atomic mass is 16.9. The molecule has 0 radical (unpaired) electrons. The van der Waals surface area contributed by atoms with Crippen LogP contribution in [0.5, 0.6) is 0 Å². The Kier molecular flexibility index (Phi) is 1.34. The van der Waals surface area contributed by atoms with Crippen LogP contribution in [0.15, 0.2) is 18.2 Å². The number of benzene rings is 1. The molecule has 2 rings (SSSR count). The van der Waals surface area contributed by atoms with Gasteiger partial charge in [0.2, 0.25) is 0 Å². The second-order valence-electron chi connectivity index (χ2n) is 2.68. The summed E-state index contributed by atoms with van der Waals surface area (Å²) in [6, 6.07) is 5.79. The maximum atomic E-state index is 9.08. The smallest absolute Gasteiger partial charge is 0.105 e. The summed E-state index contributed by atoms with van der Waals surface area (Å²) < 4.78 is 0. The molecule has 1 aliphatic rings. The van der Waals surface area contributed by atoms with Crippen LogP contribution in [-0.2, 0) is 11.4 Å². The first kappa shape index (κ1) is 6.64. The lowest BCUT2D eigenvalue weighted by molar-refractivity contribution is -0.0329. The van der Waals surface area contributed by atoms with Gasteiger partial charge in [-0.3, -0.25) is 5.21 Å². The van der Waals surface area contributed by atoms with Crippen LogP contribution in [0.4, 0.5) is 5.69 Å². The molecule has 0 fully saturated rings. The van der Waals surface area contributed by atoms with E-state index in [1.165, 1.54) is 5.56 Å². The molecular weight excluding hydrogens is 142 g/mol. The summed E-state index contributed by atoms with van der Waals surface area (Å²) in [5.74, 6) is 0. The number of aryl methyl sites for hydroxylation is 1. The molecule has 3 nitrogen and oxygen atoms in total. The minimum Gasteiger partial charge on any atom is -0.264 e. The molecular formula is C8H9NO2. The third-order valence-electron chi connectivity index (χ3n) is 1.78. The maximum Gasteiger partial charge on any atom is 0.105 e. The standard InChI is InChI=1S/C8H9NO2/c1-6-2-3-8-7(4-6)5-11-9(8)10/h2-4,10H,5H2,1H3. The molecule has 0 atom stereocenters. The van der Waals surface area contributed by atoms with E-state index in [0.29, 0.717) is 6.61 Å². The Labute approximate surface area is 64.7 Å². The van der Waals surface area contributed by atoms with Crippen molar-refractivity contribution < 1.29 is 10.0 Å². The molecule has 0 saturated heterocycles. The Hall–Kier alpha value is -1.06. The minimum atomic E-state index is 0.466. The molecule has 0 spiro atoms. The first-order valence-corrected chi connectivity index (χ1v) is 3.49. The molecule has 0 saturated carbocycles. The van der Waals surface area contributed by atoms with E-state index in [1.54, 1.807) is 0 Å². The normalized spacial score (nSPS) is 15.3. The summed E-state index contributed by atoms with van der Waals surface area (Å²) in [6.45, 7) is 2.48. The quantitative estimate of drug-likeness (QED) is 0.611. The van der Waals surface area contributed by atoms with Crippen molar-refractivity contribution in [1.82, 2.24) is 0 Å². The lowest BCUT2D eigenvalue weighted by Gasteiger charge is -2.06. The van der Waals surface area contributed by atoms with Crippen molar-refractivity contribution in [1.29, 1.82) is 0 Å². The minimum absolute atomic E-state index is 0.466. The largest absolute Gasteiger partial charge is 0.264 e. The van der Waals surface area contributed by atoms with Crippen molar-refractivity contribution in [2.45, 2.75) is 13.5 Å². The second kappa shape index (κ2) is 2.22. The first-order chi connectivity index (χ1) is 5.27. The van der Waals surface area contributed by atoms with E-state index >= 15 is 0 Å². The van der Waals surface area contributed by atoms with Crippen LogP contribution in [0.2, 0.25) is 0 Å². The second-order valence-corrected chi connectivity index (χ2v) is 2.68. The van der Waals surface area contributed by atoms with Crippen LogP contribution in [0, 0.1) is 6.92 Å². The highest BCUT2D eigenvalue weighted by Crippen LogP contribution is 2.27. The Balaban J connectivity index is 2.50. The van der Waals surface area contributed by atoms with Gasteiger partial charge in [0.1, 0.15) is 12.3 Å². The highest BCUT2D eigenvalue weighted by Gasteiger charge is 2.17. The predicted octanol–water partition coefficient (Wildman–Crippen LogP) is 1.64. The molecule has 0 amide bonds. The zero-order chi connectivity index (χ0) is 7.84. The number of hydrogen-bond acceptors (Lipinski definition) is 3. The van der Waals surface area contributed by atoms with Gasteiger partial charge in [0.15, 0.2) is 0 Å². The topological polar surface area (TPSA) is 32.7 Å². The Morgan fingerprint density at radius 1 is 1.55 bits per heavy atom. The molecule has 58 valence electrons. The summed E-state index contributed by atoms with van der Waals surface area (Å²) in [5, 5.41) is 9.90. The molecule has 1 aliphatic heterocycles. The summed E-state index contributed by atoms with van der Waals surface area (Å²) in [7, 11) is 0. The molecule has 0 bridgehead atoms. The van der Waals surface area contributed by atoms with Crippen molar-refractivity contribution in [3.05, 3.63) is 29.3 Å². The molecule has 1 aromatic rings. The number of hydrogen-bond donors (Lipinski definition) is 1. The summed E-state index contributed by atoms with van der Waals surface area (Å²) >= 11 is 0. The SMILES string of the molecule is Cc1ccc2c(c1)CON2O. The Morgan fingerprint density at radius 2 is 2.36 bits per heavy atom. The fourth-order valence-corrected chi connectivity index (χ4v) is 1.22. The van der Waals surface area contributed by atoms with Crippen LogP contribution in [-0.4, -0.2) is 5.21 Å². The van der Waals surface area contributed by atoms with Crippen LogP contribution >= 0.6 is 0 Å². The summed E-state index contributed by atoms with van der Waals surface area (Å²) in [4.78, 5) is 4.87. The van der Waals surface area contributed by atoms with Gasteiger partial charge in [0.25, 0.3) is 0 Å². The van der Waals surface area contributed by atoms with Gasteiger partial charge in [-0.1, -0.05) is 17.7 Å². The highest BCUT2D eigenvalue weighted by molar-refractivity contribution is 5.53. The van der Waals surface area contributed by atoms with Gasteiger partial charge in [-0.2, -0.15) is 0 Å². The lowest BCUT2D eigenvalue weighted by atomic mass is 10.1. The molecule has 0 aliphatic carbocycles. The summed E-state index contributed by atoms with van der Waals surface area (Å²) in [6.07, 6.45) is 0. The number of nitrogens with zero attached hydrogens (tertiary/aromatic N) is 1. The van der Waals surface area contributed by atoms with E-state index in [0.717, 1.165) is 16.5 Å². The van der Waals surface area contributed by atoms with Gasteiger partial charge >= 0.3 is 0 Å². The Morgan fingerprint density at radius 3 is 3.18 bits per heavy atom. The number of rotatable bonds is 0. The van der Waals surface area contributed by atoms with Crippen LogP contribution in [0.25, 0.3) is 0 Å². The van der Waals surface area contributed by atoms with Gasteiger partial charge in [-0.05, 0) is 13.0 Å².